The molecule has 2 fully saturated rings. The van der Waals surface area contributed by atoms with Gasteiger partial charge in [-0.25, -0.2) is 4.79 Å². The van der Waals surface area contributed by atoms with E-state index in [0.29, 0.717) is 11.8 Å². The molecule has 0 aromatic heterocycles. The van der Waals surface area contributed by atoms with Crippen LogP contribution in [-0.4, -0.2) is 28.2 Å². The monoisotopic (exact) mass is 420 g/mol. The van der Waals surface area contributed by atoms with Crippen LogP contribution in [0.4, 0.5) is 10.5 Å². The number of hydrogen-bond acceptors (Lipinski definition) is 3. The van der Waals surface area contributed by atoms with Crippen LogP contribution >= 0.6 is 23.5 Å². The number of urea groups is 1. The number of nitrogens with one attached hydrogen (secondary N) is 2. The van der Waals surface area contributed by atoms with Crippen LogP contribution in [0.5, 0.6) is 0 Å². The van der Waals surface area contributed by atoms with Crippen molar-refractivity contribution < 1.29 is 4.79 Å². The summed E-state index contributed by atoms with van der Waals surface area (Å²) >= 11 is 4.16. The third-order valence-electron chi connectivity index (χ3n) is 6.11. The molecule has 1 heterocycles. The molecule has 0 spiro atoms. The Bertz CT molecular complexity index is 663. The Kier molecular flexibility index (Phi) is 7.66. The standard InChI is InChI=1S/C23H36N2OS2/c1-16(2)18-10-11-20(17(3)4)21(14-18)25-22(26)24-15-23(27-12-13-28-23)19-8-6-5-7-9-19/h10-11,14,16-17,19H,5-9,12-13,15H2,1-4H3,(H2,24,25,26). The summed E-state index contributed by atoms with van der Waals surface area (Å²) in [4.78, 5) is 12.8. The van der Waals surface area contributed by atoms with Gasteiger partial charge >= 0.3 is 6.03 Å². The smallest absolute Gasteiger partial charge is 0.319 e. The summed E-state index contributed by atoms with van der Waals surface area (Å²) in [6.45, 7) is 9.50. The summed E-state index contributed by atoms with van der Waals surface area (Å²) in [7, 11) is 0. The zero-order valence-corrected chi connectivity index (χ0v) is 19.5. The first-order valence-corrected chi connectivity index (χ1v) is 12.8. The minimum absolute atomic E-state index is 0.0638. The van der Waals surface area contributed by atoms with Crippen LogP contribution < -0.4 is 10.6 Å². The van der Waals surface area contributed by atoms with Crippen molar-refractivity contribution in [2.45, 2.75) is 75.7 Å². The van der Waals surface area contributed by atoms with Crippen molar-refractivity contribution in [1.29, 1.82) is 0 Å². The average molecular weight is 421 g/mol. The van der Waals surface area contributed by atoms with E-state index in [1.165, 1.54) is 54.7 Å². The van der Waals surface area contributed by atoms with E-state index in [1.807, 2.05) is 0 Å². The molecule has 1 aliphatic carbocycles. The maximum Gasteiger partial charge on any atom is 0.319 e. The maximum absolute atomic E-state index is 12.8. The van der Waals surface area contributed by atoms with Crippen molar-refractivity contribution in [3.05, 3.63) is 29.3 Å². The van der Waals surface area contributed by atoms with Gasteiger partial charge in [0.05, 0.1) is 4.08 Å². The van der Waals surface area contributed by atoms with Crippen LogP contribution in [0.25, 0.3) is 0 Å². The van der Waals surface area contributed by atoms with Crippen LogP contribution in [0.15, 0.2) is 18.2 Å². The lowest BCUT2D eigenvalue weighted by Crippen LogP contribution is -2.44. The second kappa shape index (κ2) is 9.80. The average Bonchev–Trinajstić information content (AvgIpc) is 3.17. The largest absolute Gasteiger partial charge is 0.336 e. The van der Waals surface area contributed by atoms with E-state index in [1.54, 1.807) is 0 Å². The highest BCUT2D eigenvalue weighted by atomic mass is 32.2. The molecular formula is C23H36N2OS2. The molecule has 0 bridgehead atoms. The van der Waals surface area contributed by atoms with E-state index in [0.717, 1.165) is 18.2 Å². The van der Waals surface area contributed by atoms with Crippen LogP contribution in [0.3, 0.4) is 0 Å². The molecule has 156 valence electrons. The minimum atomic E-state index is -0.0638. The van der Waals surface area contributed by atoms with E-state index in [9.17, 15) is 4.79 Å². The molecule has 0 unspecified atom stereocenters. The van der Waals surface area contributed by atoms with Crippen LogP contribution in [0.2, 0.25) is 0 Å². The maximum atomic E-state index is 12.8. The summed E-state index contributed by atoms with van der Waals surface area (Å²) in [5.41, 5.74) is 3.42. The molecule has 1 aromatic rings. The predicted molar refractivity (Wildman–Crippen MR) is 126 cm³/mol. The molecular weight excluding hydrogens is 384 g/mol. The molecule has 5 heteroatoms. The molecule has 2 N–H and O–H groups in total. The van der Waals surface area contributed by atoms with E-state index >= 15 is 0 Å². The normalized spacial score (nSPS) is 19.9. The quantitative estimate of drug-likeness (QED) is 0.531. The second-order valence-corrected chi connectivity index (χ2v) is 11.9. The van der Waals surface area contributed by atoms with Gasteiger partial charge in [-0.15, -0.1) is 23.5 Å². The van der Waals surface area contributed by atoms with Crippen molar-refractivity contribution in [1.82, 2.24) is 5.32 Å². The summed E-state index contributed by atoms with van der Waals surface area (Å²) in [6, 6.07) is 6.44. The van der Waals surface area contributed by atoms with Gasteiger partial charge in [0.25, 0.3) is 0 Å². The van der Waals surface area contributed by atoms with Gasteiger partial charge in [-0.2, -0.15) is 0 Å². The van der Waals surface area contributed by atoms with Crippen molar-refractivity contribution in [2.75, 3.05) is 23.4 Å². The van der Waals surface area contributed by atoms with Crippen molar-refractivity contribution >= 4 is 35.2 Å². The number of rotatable bonds is 6. The number of carbonyl (C=O) groups excluding carboxylic acids is 1. The number of hydrogen-bond donors (Lipinski definition) is 2. The van der Waals surface area contributed by atoms with Crippen molar-refractivity contribution in [3.63, 3.8) is 0 Å². The topological polar surface area (TPSA) is 41.1 Å². The Labute approximate surface area is 179 Å². The van der Waals surface area contributed by atoms with Gasteiger partial charge in [-0.05, 0) is 47.8 Å². The number of benzene rings is 1. The number of anilines is 1. The molecule has 28 heavy (non-hydrogen) atoms. The summed E-state index contributed by atoms with van der Waals surface area (Å²) in [5.74, 6) is 3.97. The molecule has 0 radical (unpaired) electrons. The van der Waals surface area contributed by atoms with E-state index < -0.39 is 0 Å². The zero-order chi connectivity index (χ0) is 20.1. The molecule has 1 aliphatic heterocycles. The number of thioether (sulfide) groups is 2. The summed E-state index contributed by atoms with van der Waals surface area (Å²) in [6.07, 6.45) is 6.70. The molecule has 3 rings (SSSR count). The molecule has 2 aliphatic rings. The third kappa shape index (κ3) is 5.21. The fraction of sp³-hybridized carbons (Fsp3) is 0.696. The third-order valence-corrected chi connectivity index (χ3v) is 9.83. The molecule has 1 saturated carbocycles. The van der Waals surface area contributed by atoms with Gasteiger partial charge < -0.3 is 10.6 Å². The van der Waals surface area contributed by atoms with Gasteiger partial charge in [0.1, 0.15) is 0 Å². The van der Waals surface area contributed by atoms with E-state index in [4.69, 9.17) is 0 Å². The van der Waals surface area contributed by atoms with Gasteiger partial charge in [0.15, 0.2) is 0 Å². The molecule has 2 amide bonds. The SMILES string of the molecule is CC(C)c1ccc(C(C)C)c(NC(=O)NCC2(C3CCCCC3)SCCS2)c1. The van der Waals surface area contributed by atoms with E-state index in [-0.39, 0.29) is 10.1 Å². The lowest BCUT2D eigenvalue weighted by atomic mass is 9.86. The van der Waals surface area contributed by atoms with Crippen molar-refractivity contribution in [2.24, 2.45) is 5.92 Å². The van der Waals surface area contributed by atoms with Crippen LogP contribution in [-0.2, 0) is 0 Å². The Hall–Kier alpha value is -0.810. The first-order valence-electron chi connectivity index (χ1n) is 10.9. The van der Waals surface area contributed by atoms with Crippen LogP contribution in [0, 0.1) is 5.92 Å². The van der Waals surface area contributed by atoms with Crippen LogP contribution in [0.1, 0.15) is 82.8 Å². The number of amides is 2. The van der Waals surface area contributed by atoms with Gasteiger partial charge in [0, 0.05) is 23.7 Å². The summed E-state index contributed by atoms with van der Waals surface area (Å²) in [5, 5.41) is 6.40. The minimum Gasteiger partial charge on any atom is -0.336 e. The highest BCUT2D eigenvalue weighted by molar-refractivity contribution is 8.21. The zero-order valence-electron chi connectivity index (χ0n) is 17.8. The van der Waals surface area contributed by atoms with Gasteiger partial charge in [-0.3, -0.25) is 0 Å². The fourth-order valence-electron chi connectivity index (χ4n) is 4.41. The lowest BCUT2D eigenvalue weighted by Gasteiger charge is -2.38. The Morgan fingerprint density at radius 3 is 2.36 bits per heavy atom. The Balaban J connectivity index is 1.67. The lowest BCUT2D eigenvalue weighted by molar-refractivity contribution is 0.249. The van der Waals surface area contributed by atoms with E-state index in [2.05, 4.69) is 80.1 Å². The van der Waals surface area contributed by atoms with Gasteiger partial charge in [0.2, 0.25) is 0 Å². The highest BCUT2D eigenvalue weighted by Gasteiger charge is 2.43. The first-order chi connectivity index (χ1) is 13.4. The Morgan fingerprint density at radius 2 is 1.75 bits per heavy atom. The highest BCUT2D eigenvalue weighted by Crippen LogP contribution is 2.52. The second-order valence-electron chi connectivity index (χ2n) is 8.81. The Morgan fingerprint density at radius 1 is 1.07 bits per heavy atom. The molecule has 1 aromatic carbocycles. The molecule has 1 saturated heterocycles. The molecule has 3 nitrogen and oxygen atoms in total. The first kappa shape index (κ1) is 21.9. The van der Waals surface area contributed by atoms with Gasteiger partial charge in [-0.1, -0.05) is 59.1 Å². The predicted octanol–water partition coefficient (Wildman–Crippen LogP) is 6.81. The number of carbonyl (C=O) groups is 1. The fourth-order valence-corrected chi connectivity index (χ4v) is 7.89. The molecule has 0 atom stereocenters. The van der Waals surface area contributed by atoms with Crippen molar-refractivity contribution in [3.8, 4) is 0 Å². The summed E-state index contributed by atoms with van der Waals surface area (Å²) < 4.78 is 0.179.